The maximum absolute atomic E-state index is 5.25. The fraction of sp³-hybridized carbons (Fsp3) is 0.800. The first-order valence-electron chi connectivity index (χ1n) is 4.42. The second kappa shape index (κ2) is 3.28. The highest BCUT2D eigenvalue weighted by molar-refractivity contribution is 5.00. The maximum Gasteiger partial charge on any atom is 0.0658 e. The van der Waals surface area contributed by atoms with E-state index in [1.807, 2.05) is 6.92 Å². The van der Waals surface area contributed by atoms with Crippen molar-refractivity contribution in [2.45, 2.75) is 39.2 Å². The standard InChI is InChI=1S/C10H17N/c1-4-9(3)11-8-10(5-2)6-7-10/h1,9,11H,5-8H2,2-3H3. The molecule has 0 aliphatic heterocycles. The number of hydrogen-bond donors (Lipinski definition) is 1. The quantitative estimate of drug-likeness (QED) is 0.604. The first-order chi connectivity index (χ1) is 5.22. The zero-order valence-corrected chi connectivity index (χ0v) is 7.48. The molecule has 1 saturated carbocycles. The van der Waals surface area contributed by atoms with Crippen molar-refractivity contribution >= 4 is 0 Å². The highest BCUT2D eigenvalue weighted by Gasteiger charge is 2.40. The van der Waals surface area contributed by atoms with Crippen molar-refractivity contribution in [3.63, 3.8) is 0 Å². The number of rotatable bonds is 4. The van der Waals surface area contributed by atoms with E-state index in [1.54, 1.807) is 0 Å². The van der Waals surface area contributed by atoms with E-state index in [0.717, 1.165) is 6.54 Å². The SMILES string of the molecule is C#CC(C)NCC1(CC)CC1. The normalized spacial score (nSPS) is 22.3. The van der Waals surface area contributed by atoms with Gasteiger partial charge < -0.3 is 5.32 Å². The van der Waals surface area contributed by atoms with Gasteiger partial charge in [0.05, 0.1) is 6.04 Å². The number of hydrogen-bond acceptors (Lipinski definition) is 1. The lowest BCUT2D eigenvalue weighted by atomic mass is 10.0. The van der Waals surface area contributed by atoms with Gasteiger partial charge in [0.2, 0.25) is 0 Å². The Morgan fingerprint density at radius 1 is 1.64 bits per heavy atom. The smallest absolute Gasteiger partial charge is 0.0658 e. The minimum atomic E-state index is 0.235. The van der Waals surface area contributed by atoms with Crippen LogP contribution in [0.15, 0.2) is 0 Å². The molecule has 0 aromatic carbocycles. The molecule has 1 heteroatoms. The van der Waals surface area contributed by atoms with Crippen LogP contribution in [0, 0.1) is 17.8 Å². The summed E-state index contributed by atoms with van der Waals surface area (Å²) in [6, 6.07) is 0.235. The molecule has 0 heterocycles. The third-order valence-electron chi connectivity index (χ3n) is 2.74. The molecule has 0 spiro atoms. The lowest BCUT2D eigenvalue weighted by molar-refractivity contribution is 0.435. The van der Waals surface area contributed by atoms with Crippen LogP contribution in [-0.4, -0.2) is 12.6 Å². The van der Waals surface area contributed by atoms with Gasteiger partial charge in [-0.25, -0.2) is 0 Å². The Morgan fingerprint density at radius 3 is 2.64 bits per heavy atom. The highest BCUT2D eigenvalue weighted by atomic mass is 14.9. The average Bonchev–Trinajstić information content (AvgIpc) is 2.81. The van der Waals surface area contributed by atoms with Crippen molar-refractivity contribution in [1.29, 1.82) is 0 Å². The van der Waals surface area contributed by atoms with Crippen molar-refractivity contribution in [3.8, 4) is 12.3 Å². The van der Waals surface area contributed by atoms with Crippen molar-refractivity contribution < 1.29 is 0 Å². The van der Waals surface area contributed by atoms with Crippen LogP contribution in [-0.2, 0) is 0 Å². The van der Waals surface area contributed by atoms with Gasteiger partial charge in [-0.1, -0.05) is 12.8 Å². The van der Waals surface area contributed by atoms with Crippen LogP contribution in [0.3, 0.4) is 0 Å². The van der Waals surface area contributed by atoms with E-state index in [9.17, 15) is 0 Å². The minimum absolute atomic E-state index is 0.235. The molecule has 62 valence electrons. The summed E-state index contributed by atoms with van der Waals surface area (Å²) in [6.07, 6.45) is 9.31. The maximum atomic E-state index is 5.25. The molecular weight excluding hydrogens is 134 g/mol. The van der Waals surface area contributed by atoms with Crippen LogP contribution in [0.4, 0.5) is 0 Å². The van der Waals surface area contributed by atoms with Gasteiger partial charge in [-0.3, -0.25) is 0 Å². The summed E-state index contributed by atoms with van der Waals surface area (Å²) in [5.41, 5.74) is 0.616. The molecule has 0 radical (unpaired) electrons. The molecule has 1 aliphatic carbocycles. The van der Waals surface area contributed by atoms with Gasteiger partial charge in [0, 0.05) is 6.54 Å². The van der Waals surface area contributed by atoms with Gasteiger partial charge in [0.15, 0.2) is 0 Å². The van der Waals surface area contributed by atoms with Crippen molar-refractivity contribution in [2.75, 3.05) is 6.54 Å². The van der Waals surface area contributed by atoms with E-state index in [1.165, 1.54) is 19.3 Å². The van der Waals surface area contributed by atoms with Crippen LogP contribution in [0.5, 0.6) is 0 Å². The number of terminal acetylenes is 1. The van der Waals surface area contributed by atoms with Gasteiger partial charge in [-0.05, 0) is 31.6 Å². The molecule has 1 unspecified atom stereocenters. The van der Waals surface area contributed by atoms with Crippen molar-refractivity contribution in [1.82, 2.24) is 5.32 Å². The monoisotopic (exact) mass is 151 g/mol. The van der Waals surface area contributed by atoms with Crippen molar-refractivity contribution in [2.24, 2.45) is 5.41 Å². The topological polar surface area (TPSA) is 12.0 Å². The summed E-state index contributed by atoms with van der Waals surface area (Å²) in [6.45, 7) is 5.40. The Hall–Kier alpha value is -0.480. The molecule has 1 nitrogen and oxygen atoms in total. The highest BCUT2D eigenvalue weighted by Crippen LogP contribution is 2.47. The zero-order chi connectivity index (χ0) is 8.32. The predicted molar refractivity (Wildman–Crippen MR) is 48.3 cm³/mol. The Labute approximate surface area is 69.6 Å². The van der Waals surface area contributed by atoms with Crippen LogP contribution < -0.4 is 5.32 Å². The molecule has 1 rings (SSSR count). The van der Waals surface area contributed by atoms with E-state index >= 15 is 0 Å². The Bertz CT molecular complexity index is 162. The first kappa shape index (κ1) is 8.62. The molecule has 11 heavy (non-hydrogen) atoms. The van der Waals surface area contributed by atoms with E-state index in [4.69, 9.17) is 6.42 Å². The summed E-state index contributed by atoms with van der Waals surface area (Å²) in [5.74, 6) is 2.68. The fourth-order valence-electron chi connectivity index (χ4n) is 1.26. The Kier molecular flexibility index (Phi) is 2.57. The van der Waals surface area contributed by atoms with Crippen LogP contribution in [0.2, 0.25) is 0 Å². The van der Waals surface area contributed by atoms with E-state index < -0.39 is 0 Å². The molecule has 0 aromatic heterocycles. The summed E-state index contributed by atoms with van der Waals surface area (Å²) in [7, 11) is 0. The minimum Gasteiger partial charge on any atom is -0.303 e. The van der Waals surface area contributed by atoms with Gasteiger partial charge in [0.1, 0.15) is 0 Å². The molecule has 0 saturated heterocycles. The Balaban J connectivity index is 2.18. The Morgan fingerprint density at radius 2 is 2.27 bits per heavy atom. The molecule has 1 N–H and O–H groups in total. The van der Waals surface area contributed by atoms with E-state index in [0.29, 0.717) is 5.41 Å². The van der Waals surface area contributed by atoms with Gasteiger partial charge >= 0.3 is 0 Å². The van der Waals surface area contributed by atoms with Gasteiger partial charge in [-0.15, -0.1) is 6.42 Å². The second-order valence-corrected chi connectivity index (χ2v) is 3.62. The lowest BCUT2D eigenvalue weighted by Gasteiger charge is -2.14. The molecule has 0 aromatic rings. The van der Waals surface area contributed by atoms with E-state index in [-0.39, 0.29) is 6.04 Å². The van der Waals surface area contributed by atoms with Crippen molar-refractivity contribution in [3.05, 3.63) is 0 Å². The zero-order valence-electron chi connectivity index (χ0n) is 7.48. The molecule has 0 amide bonds. The summed E-state index contributed by atoms with van der Waals surface area (Å²) in [4.78, 5) is 0. The largest absolute Gasteiger partial charge is 0.303 e. The molecule has 0 bridgehead atoms. The van der Waals surface area contributed by atoms with Gasteiger partial charge in [-0.2, -0.15) is 0 Å². The van der Waals surface area contributed by atoms with E-state index in [2.05, 4.69) is 18.2 Å². The predicted octanol–water partition coefficient (Wildman–Crippen LogP) is 1.79. The second-order valence-electron chi connectivity index (χ2n) is 3.62. The average molecular weight is 151 g/mol. The lowest BCUT2D eigenvalue weighted by Crippen LogP contribution is -2.30. The van der Waals surface area contributed by atoms with Crippen LogP contribution in [0.25, 0.3) is 0 Å². The molecule has 1 aliphatic rings. The number of nitrogens with one attached hydrogen (secondary N) is 1. The van der Waals surface area contributed by atoms with Gasteiger partial charge in [0.25, 0.3) is 0 Å². The molecular formula is C10H17N. The molecule has 1 atom stereocenters. The third-order valence-corrected chi connectivity index (χ3v) is 2.74. The van der Waals surface area contributed by atoms with Crippen LogP contribution in [0.1, 0.15) is 33.1 Å². The molecule has 1 fully saturated rings. The fourth-order valence-corrected chi connectivity index (χ4v) is 1.26. The third kappa shape index (κ3) is 2.24. The summed E-state index contributed by atoms with van der Waals surface area (Å²) >= 11 is 0. The van der Waals surface area contributed by atoms with Crippen LogP contribution >= 0.6 is 0 Å². The summed E-state index contributed by atoms with van der Waals surface area (Å²) < 4.78 is 0. The first-order valence-corrected chi connectivity index (χ1v) is 4.42. The summed E-state index contributed by atoms with van der Waals surface area (Å²) in [5, 5.41) is 3.35.